The molecular formula is C11H11ClN2O3S. The van der Waals surface area contributed by atoms with Crippen LogP contribution in [0.3, 0.4) is 0 Å². The number of nitro benzene ring substituents is 1. The number of rotatable bonds is 2. The third-order valence-electron chi connectivity index (χ3n) is 2.74. The molecule has 96 valence electrons. The summed E-state index contributed by atoms with van der Waals surface area (Å²) in [6.45, 7) is 1.71. The minimum atomic E-state index is -0.425. The summed E-state index contributed by atoms with van der Waals surface area (Å²) in [5.41, 5.74) is 2.06. The predicted molar refractivity (Wildman–Crippen MR) is 71.7 cm³/mol. The summed E-state index contributed by atoms with van der Waals surface area (Å²) in [5.74, 6) is 0.839. The van der Waals surface area contributed by atoms with Crippen LogP contribution in [0.4, 0.5) is 5.69 Å². The molecule has 1 aromatic carbocycles. The molecule has 1 aliphatic rings. The van der Waals surface area contributed by atoms with Crippen LogP contribution >= 0.6 is 23.4 Å². The monoisotopic (exact) mass is 286 g/mol. The summed E-state index contributed by atoms with van der Waals surface area (Å²) in [4.78, 5) is 16.2. The van der Waals surface area contributed by atoms with Crippen LogP contribution in [0.25, 0.3) is 0 Å². The lowest BCUT2D eigenvalue weighted by atomic mass is 10.00. The van der Waals surface area contributed by atoms with Gasteiger partial charge in [-0.3, -0.25) is 10.1 Å². The highest BCUT2D eigenvalue weighted by atomic mass is 35.5. The molecule has 0 atom stereocenters. The quantitative estimate of drug-likeness (QED) is 0.617. The number of oxime groups is 1. The zero-order valence-electron chi connectivity index (χ0n) is 9.90. The molecule has 0 bridgehead atoms. The van der Waals surface area contributed by atoms with Crippen molar-refractivity contribution in [3.63, 3.8) is 0 Å². The molecule has 0 saturated carbocycles. The van der Waals surface area contributed by atoms with Crippen LogP contribution in [0.1, 0.15) is 17.5 Å². The fourth-order valence-corrected chi connectivity index (χ4v) is 3.44. The zero-order valence-corrected chi connectivity index (χ0v) is 11.5. The molecule has 5 nitrogen and oxygen atoms in total. The first-order valence-corrected chi connectivity index (χ1v) is 6.63. The largest absolute Gasteiger partial charge is 0.399 e. The molecule has 0 unspecified atom stereocenters. The van der Waals surface area contributed by atoms with Crippen LogP contribution < -0.4 is 0 Å². The van der Waals surface area contributed by atoms with Crippen molar-refractivity contribution in [3.8, 4) is 0 Å². The summed E-state index contributed by atoms with van der Waals surface area (Å²) in [6.07, 6.45) is 0.712. The molecule has 0 aliphatic carbocycles. The Bertz CT molecular complexity index is 546. The molecule has 1 heterocycles. The third kappa shape index (κ3) is 2.18. The average molecular weight is 287 g/mol. The molecule has 0 spiro atoms. The van der Waals surface area contributed by atoms with Crippen LogP contribution in [-0.2, 0) is 4.84 Å². The molecule has 0 amide bonds. The second-order valence-corrected chi connectivity index (χ2v) is 5.30. The number of hydrogen-bond donors (Lipinski definition) is 0. The van der Waals surface area contributed by atoms with E-state index in [1.54, 1.807) is 18.7 Å². The summed E-state index contributed by atoms with van der Waals surface area (Å²) in [6, 6.07) is 1.40. The second-order valence-electron chi connectivity index (χ2n) is 3.78. The van der Waals surface area contributed by atoms with E-state index in [4.69, 9.17) is 16.4 Å². The topological polar surface area (TPSA) is 64.7 Å². The highest BCUT2D eigenvalue weighted by Crippen LogP contribution is 2.41. The van der Waals surface area contributed by atoms with Gasteiger partial charge in [0.15, 0.2) is 0 Å². The van der Waals surface area contributed by atoms with Gasteiger partial charge in [0.1, 0.15) is 7.11 Å². The van der Waals surface area contributed by atoms with Crippen molar-refractivity contribution < 1.29 is 9.76 Å². The van der Waals surface area contributed by atoms with Crippen molar-refractivity contribution >= 4 is 34.8 Å². The molecule has 0 radical (unpaired) electrons. The molecule has 0 aromatic heterocycles. The van der Waals surface area contributed by atoms with E-state index in [0.29, 0.717) is 22.7 Å². The number of thioether (sulfide) groups is 1. The normalized spacial score (nSPS) is 16.5. The van der Waals surface area contributed by atoms with E-state index in [1.165, 1.54) is 13.2 Å². The van der Waals surface area contributed by atoms with Crippen molar-refractivity contribution in [1.82, 2.24) is 0 Å². The summed E-state index contributed by atoms with van der Waals surface area (Å²) < 4.78 is 0. The number of fused-ring (bicyclic) bond motifs is 1. The Labute approximate surface area is 113 Å². The van der Waals surface area contributed by atoms with Crippen molar-refractivity contribution in [3.05, 3.63) is 32.3 Å². The zero-order chi connectivity index (χ0) is 13.3. The molecule has 7 heteroatoms. The number of nitrogens with zero attached hydrogens (tertiary/aromatic N) is 2. The van der Waals surface area contributed by atoms with Gasteiger partial charge in [0.05, 0.1) is 15.7 Å². The Balaban J connectivity index is 2.71. The lowest BCUT2D eigenvalue weighted by molar-refractivity contribution is -0.385. The van der Waals surface area contributed by atoms with Gasteiger partial charge in [-0.15, -0.1) is 11.8 Å². The van der Waals surface area contributed by atoms with Gasteiger partial charge in [-0.05, 0) is 6.92 Å². The van der Waals surface area contributed by atoms with E-state index >= 15 is 0 Å². The summed E-state index contributed by atoms with van der Waals surface area (Å²) >= 11 is 7.70. The van der Waals surface area contributed by atoms with Gasteiger partial charge >= 0.3 is 0 Å². The van der Waals surface area contributed by atoms with Crippen molar-refractivity contribution in [1.29, 1.82) is 0 Å². The van der Waals surface area contributed by atoms with Gasteiger partial charge in [-0.1, -0.05) is 16.8 Å². The number of nitro groups is 1. The molecule has 0 fully saturated rings. The summed E-state index contributed by atoms with van der Waals surface area (Å²) in [7, 11) is 1.46. The Morgan fingerprint density at radius 3 is 2.94 bits per heavy atom. The van der Waals surface area contributed by atoms with Crippen molar-refractivity contribution in [2.45, 2.75) is 18.2 Å². The van der Waals surface area contributed by atoms with Crippen LogP contribution in [0, 0.1) is 17.0 Å². The maximum Gasteiger partial charge on any atom is 0.274 e. The van der Waals surface area contributed by atoms with Gasteiger partial charge in [0.25, 0.3) is 5.69 Å². The summed E-state index contributed by atoms with van der Waals surface area (Å²) in [5, 5.41) is 15.3. The maximum absolute atomic E-state index is 11.0. The van der Waals surface area contributed by atoms with Crippen LogP contribution in [-0.4, -0.2) is 23.5 Å². The van der Waals surface area contributed by atoms with Crippen LogP contribution in [0.5, 0.6) is 0 Å². The number of halogens is 1. The molecule has 0 N–H and O–H groups in total. The molecule has 18 heavy (non-hydrogen) atoms. The van der Waals surface area contributed by atoms with Gasteiger partial charge in [0, 0.05) is 34.3 Å². The SMILES string of the molecule is CON=C1CCSc2c(Cl)cc([N+](=O)[O-])c(C)c21. The van der Waals surface area contributed by atoms with Gasteiger partial charge in [-0.2, -0.15) is 0 Å². The van der Waals surface area contributed by atoms with Gasteiger partial charge in [0.2, 0.25) is 0 Å². The maximum atomic E-state index is 11.0. The van der Waals surface area contributed by atoms with E-state index < -0.39 is 4.92 Å². The third-order valence-corrected chi connectivity index (χ3v) is 4.27. The number of benzene rings is 1. The van der Waals surface area contributed by atoms with E-state index in [2.05, 4.69) is 5.16 Å². The average Bonchev–Trinajstić information content (AvgIpc) is 2.33. The first-order chi connectivity index (χ1) is 8.56. The molecular weight excluding hydrogens is 276 g/mol. The molecule has 1 aliphatic heterocycles. The minimum absolute atomic E-state index is 0.0186. The van der Waals surface area contributed by atoms with Crippen molar-refractivity contribution in [2.24, 2.45) is 5.16 Å². The first-order valence-electron chi connectivity index (χ1n) is 5.27. The highest BCUT2D eigenvalue weighted by Gasteiger charge is 2.27. The van der Waals surface area contributed by atoms with Gasteiger partial charge in [-0.25, -0.2) is 0 Å². The van der Waals surface area contributed by atoms with Crippen LogP contribution in [0.2, 0.25) is 5.02 Å². The Morgan fingerprint density at radius 2 is 2.33 bits per heavy atom. The van der Waals surface area contributed by atoms with Gasteiger partial charge < -0.3 is 4.84 Å². The van der Waals surface area contributed by atoms with E-state index in [0.717, 1.165) is 16.2 Å². The fourth-order valence-electron chi connectivity index (χ4n) is 1.97. The van der Waals surface area contributed by atoms with E-state index in [-0.39, 0.29) is 5.69 Å². The standard InChI is InChI=1S/C11H11ClN2O3S/c1-6-9(14(15)16)5-7(12)11-10(6)8(13-17-2)3-4-18-11/h5H,3-4H2,1-2H3. The minimum Gasteiger partial charge on any atom is -0.399 e. The molecule has 2 rings (SSSR count). The first kappa shape index (κ1) is 13.2. The second kappa shape index (κ2) is 5.16. The fraction of sp³-hybridized carbons (Fsp3) is 0.364. The lowest BCUT2D eigenvalue weighted by Gasteiger charge is -2.20. The van der Waals surface area contributed by atoms with Crippen LogP contribution in [0.15, 0.2) is 16.1 Å². The predicted octanol–water partition coefficient (Wildman–Crippen LogP) is 3.40. The lowest BCUT2D eigenvalue weighted by Crippen LogP contribution is -2.13. The molecule has 1 aromatic rings. The Hall–Kier alpha value is -1.27. The van der Waals surface area contributed by atoms with E-state index in [1.807, 2.05) is 0 Å². The smallest absolute Gasteiger partial charge is 0.274 e. The Kier molecular flexibility index (Phi) is 3.77. The molecule has 0 saturated heterocycles. The number of hydrogen-bond acceptors (Lipinski definition) is 5. The Morgan fingerprint density at radius 1 is 1.61 bits per heavy atom. The highest BCUT2D eigenvalue weighted by molar-refractivity contribution is 7.99. The van der Waals surface area contributed by atoms with E-state index in [9.17, 15) is 10.1 Å². The van der Waals surface area contributed by atoms with Crippen molar-refractivity contribution in [2.75, 3.05) is 12.9 Å².